The van der Waals surface area contributed by atoms with E-state index in [9.17, 15) is 0 Å². The Kier molecular flexibility index (Phi) is 4.91. The van der Waals surface area contributed by atoms with Gasteiger partial charge in [-0.2, -0.15) is 0 Å². The molecule has 0 N–H and O–H groups in total. The molecule has 0 aromatic heterocycles. The SMILES string of the molecule is CC1=C(C#Cc2ccccc2)c2ccccc2O[C@@]1(c1ccccc1)N1CCCC1. The first-order chi connectivity index (χ1) is 14.8. The van der Waals surface area contributed by atoms with Crippen LogP contribution in [-0.4, -0.2) is 18.0 Å². The molecule has 1 atom stereocenters. The molecule has 1 saturated heterocycles. The van der Waals surface area contributed by atoms with Gasteiger partial charge < -0.3 is 4.74 Å². The third-order valence-corrected chi connectivity index (χ3v) is 6.12. The first kappa shape index (κ1) is 18.7. The molecule has 30 heavy (non-hydrogen) atoms. The van der Waals surface area contributed by atoms with Crippen molar-refractivity contribution in [2.45, 2.75) is 25.5 Å². The maximum absolute atomic E-state index is 6.88. The number of hydrogen-bond acceptors (Lipinski definition) is 2. The van der Waals surface area contributed by atoms with Crippen LogP contribution in [0, 0.1) is 11.8 Å². The quantitative estimate of drug-likeness (QED) is 0.508. The zero-order valence-electron chi connectivity index (χ0n) is 17.3. The van der Waals surface area contributed by atoms with Gasteiger partial charge in [0.1, 0.15) is 5.75 Å². The van der Waals surface area contributed by atoms with Gasteiger partial charge in [-0.15, -0.1) is 0 Å². The number of benzene rings is 3. The summed E-state index contributed by atoms with van der Waals surface area (Å²) in [6.07, 6.45) is 2.38. The first-order valence-electron chi connectivity index (χ1n) is 10.7. The van der Waals surface area contributed by atoms with Crippen molar-refractivity contribution in [3.05, 3.63) is 107 Å². The third-order valence-electron chi connectivity index (χ3n) is 6.12. The van der Waals surface area contributed by atoms with Crippen molar-refractivity contribution in [1.82, 2.24) is 4.90 Å². The van der Waals surface area contributed by atoms with Gasteiger partial charge in [0, 0.05) is 40.9 Å². The maximum Gasteiger partial charge on any atom is 0.213 e. The number of rotatable bonds is 2. The number of fused-ring (bicyclic) bond motifs is 1. The topological polar surface area (TPSA) is 12.5 Å². The summed E-state index contributed by atoms with van der Waals surface area (Å²) in [5.74, 6) is 7.80. The molecule has 3 aromatic carbocycles. The summed E-state index contributed by atoms with van der Waals surface area (Å²) in [5, 5.41) is 0. The van der Waals surface area contributed by atoms with E-state index in [0.717, 1.165) is 46.7 Å². The highest BCUT2D eigenvalue weighted by molar-refractivity contribution is 5.87. The van der Waals surface area contributed by atoms with E-state index in [1.54, 1.807) is 0 Å². The maximum atomic E-state index is 6.88. The standard InChI is InChI=1S/C28H25NO/c1-22-25(19-18-23-12-4-2-5-13-23)26-16-8-9-17-27(26)30-28(22,29-20-10-11-21-29)24-14-6-3-7-15-24/h2-9,12-17H,10-11,20-21H2,1H3/t28-/m0/s1. The molecule has 2 nitrogen and oxygen atoms in total. The van der Waals surface area contributed by atoms with Gasteiger partial charge in [0.05, 0.1) is 0 Å². The molecule has 0 bridgehead atoms. The van der Waals surface area contributed by atoms with Gasteiger partial charge in [0.2, 0.25) is 5.72 Å². The second-order valence-corrected chi connectivity index (χ2v) is 7.92. The lowest BCUT2D eigenvalue weighted by molar-refractivity contribution is -0.0493. The number of para-hydroxylation sites is 1. The van der Waals surface area contributed by atoms with Crippen molar-refractivity contribution in [1.29, 1.82) is 0 Å². The molecule has 0 amide bonds. The molecule has 5 rings (SSSR count). The molecular weight excluding hydrogens is 366 g/mol. The molecule has 3 aromatic rings. The lowest BCUT2D eigenvalue weighted by Gasteiger charge is -2.46. The number of allylic oxidation sites excluding steroid dienone is 1. The fourth-order valence-electron chi connectivity index (χ4n) is 4.64. The highest BCUT2D eigenvalue weighted by atomic mass is 16.5. The predicted octanol–water partition coefficient (Wildman–Crippen LogP) is 5.85. The van der Waals surface area contributed by atoms with Gasteiger partial charge in [0.25, 0.3) is 0 Å². The molecular formula is C28H25NO. The van der Waals surface area contributed by atoms with Crippen LogP contribution in [0.4, 0.5) is 0 Å². The van der Waals surface area contributed by atoms with Gasteiger partial charge in [-0.25, -0.2) is 0 Å². The fraction of sp³-hybridized carbons (Fsp3) is 0.214. The van der Waals surface area contributed by atoms with Crippen LogP contribution < -0.4 is 4.74 Å². The van der Waals surface area contributed by atoms with Crippen molar-refractivity contribution in [3.8, 4) is 17.6 Å². The van der Waals surface area contributed by atoms with Gasteiger partial charge >= 0.3 is 0 Å². The van der Waals surface area contributed by atoms with Crippen LogP contribution in [0.3, 0.4) is 0 Å². The van der Waals surface area contributed by atoms with Crippen LogP contribution in [0.2, 0.25) is 0 Å². The molecule has 0 aliphatic carbocycles. The van der Waals surface area contributed by atoms with Gasteiger partial charge in [-0.05, 0) is 44.0 Å². The summed E-state index contributed by atoms with van der Waals surface area (Å²) >= 11 is 0. The zero-order valence-corrected chi connectivity index (χ0v) is 17.3. The summed E-state index contributed by atoms with van der Waals surface area (Å²) in [6, 6.07) is 29.1. The molecule has 2 aliphatic rings. The van der Waals surface area contributed by atoms with E-state index in [2.05, 4.69) is 84.3 Å². The van der Waals surface area contributed by atoms with Gasteiger partial charge in [0.15, 0.2) is 0 Å². The summed E-state index contributed by atoms with van der Waals surface area (Å²) in [7, 11) is 0. The molecule has 1 fully saturated rings. The lowest BCUT2D eigenvalue weighted by Crippen LogP contribution is -2.51. The fourth-order valence-corrected chi connectivity index (χ4v) is 4.64. The van der Waals surface area contributed by atoms with Crippen molar-refractivity contribution >= 4 is 5.57 Å². The zero-order chi connectivity index (χ0) is 20.4. The molecule has 0 unspecified atom stereocenters. The van der Waals surface area contributed by atoms with E-state index in [1.165, 1.54) is 12.8 Å². The summed E-state index contributed by atoms with van der Waals surface area (Å²) in [6.45, 7) is 4.23. The Bertz CT molecular complexity index is 1130. The molecule has 0 saturated carbocycles. The Labute approximate surface area is 178 Å². The molecule has 2 aliphatic heterocycles. The van der Waals surface area contributed by atoms with Crippen LogP contribution in [0.5, 0.6) is 5.75 Å². The van der Waals surface area contributed by atoms with Crippen LogP contribution in [0.15, 0.2) is 90.5 Å². The van der Waals surface area contributed by atoms with Crippen molar-refractivity contribution in [2.24, 2.45) is 0 Å². The van der Waals surface area contributed by atoms with E-state index in [1.807, 2.05) is 24.3 Å². The molecule has 2 heteroatoms. The van der Waals surface area contributed by atoms with Crippen LogP contribution in [-0.2, 0) is 5.72 Å². The van der Waals surface area contributed by atoms with Crippen molar-refractivity contribution in [2.75, 3.05) is 13.1 Å². The molecule has 0 spiro atoms. The average Bonchev–Trinajstić information content (AvgIpc) is 3.35. The van der Waals surface area contributed by atoms with E-state index in [0.29, 0.717) is 0 Å². The smallest absolute Gasteiger partial charge is 0.213 e. The van der Waals surface area contributed by atoms with E-state index in [4.69, 9.17) is 4.74 Å². The Morgan fingerprint density at radius 3 is 2.13 bits per heavy atom. The summed E-state index contributed by atoms with van der Waals surface area (Å²) < 4.78 is 6.88. The minimum atomic E-state index is -0.618. The summed E-state index contributed by atoms with van der Waals surface area (Å²) in [5.41, 5.74) is 4.87. The first-order valence-corrected chi connectivity index (χ1v) is 10.7. The minimum absolute atomic E-state index is 0.618. The third kappa shape index (κ3) is 3.12. The van der Waals surface area contributed by atoms with Crippen molar-refractivity contribution in [3.63, 3.8) is 0 Å². The highest BCUT2D eigenvalue weighted by Gasteiger charge is 2.47. The normalized spacial score (nSPS) is 20.8. The molecule has 2 heterocycles. The second kappa shape index (κ2) is 7.86. The lowest BCUT2D eigenvalue weighted by atomic mass is 9.84. The minimum Gasteiger partial charge on any atom is -0.464 e. The van der Waals surface area contributed by atoms with Crippen LogP contribution >= 0.6 is 0 Å². The number of nitrogens with zero attached hydrogens (tertiary/aromatic N) is 1. The monoisotopic (exact) mass is 391 g/mol. The Morgan fingerprint density at radius 1 is 0.767 bits per heavy atom. The van der Waals surface area contributed by atoms with E-state index >= 15 is 0 Å². The van der Waals surface area contributed by atoms with Crippen LogP contribution in [0.1, 0.15) is 36.5 Å². The summed E-state index contributed by atoms with van der Waals surface area (Å²) in [4.78, 5) is 2.48. The Morgan fingerprint density at radius 2 is 1.40 bits per heavy atom. The second-order valence-electron chi connectivity index (χ2n) is 7.92. The Hall–Kier alpha value is -3.28. The largest absolute Gasteiger partial charge is 0.464 e. The van der Waals surface area contributed by atoms with Crippen molar-refractivity contribution < 1.29 is 4.74 Å². The number of likely N-dealkylation sites (tertiary alicyclic amines) is 1. The molecule has 148 valence electrons. The van der Waals surface area contributed by atoms with E-state index in [-0.39, 0.29) is 0 Å². The van der Waals surface area contributed by atoms with Gasteiger partial charge in [-0.1, -0.05) is 72.5 Å². The Balaban J connectivity index is 1.75. The average molecular weight is 392 g/mol. The van der Waals surface area contributed by atoms with E-state index < -0.39 is 5.72 Å². The molecule has 0 radical (unpaired) electrons. The number of hydrogen-bond donors (Lipinski definition) is 0. The highest BCUT2D eigenvalue weighted by Crippen LogP contribution is 2.48. The predicted molar refractivity (Wildman–Crippen MR) is 122 cm³/mol. The number of ether oxygens (including phenoxy) is 1. The van der Waals surface area contributed by atoms with Crippen LogP contribution in [0.25, 0.3) is 5.57 Å². The van der Waals surface area contributed by atoms with Gasteiger partial charge in [-0.3, -0.25) is 4.90 Å².